The summed E-state index contributed by atoms with van der Waals surface area (Å²) in [6, 6.07) is 5.96. The highest BCUT2D eigenvalue weighted by atomic mass is 16.3. The Bertz CT molecular complexity index is 942. The first-order valence-corrected chi connectivity index (χ1v) is 11.9. The Morgan fingerprint density at radius 1 is 1.17 bits per heavy atom. The highest BCUT2D eigenvalue weighted by molar-refractivity contribution is 5.98. The van der Waals surface area contributed by atoms with Crippen LogP contribution in [0, 0.1) is 0 Å². The number of primary amides is 1. The molecule has 0 aromatic heterocycles. The second-order valence-electron chi connectivity index (χ2n) is 9.36. The zero-order valence-electron chi connectivity index (χ0n) is 19.9. The van der Waals surface area contributed by atoms with E-state index in [2.05, 4.69) is 5.32 Å². The maximum Gasteiger partial charge on any atom is 0.247 e. The van der Waals surface area contributed by atoms with Gasteiger partial charge in [-0.2, -0.15) is 0 Å². The molecule has 0 saturated carbocycles. The summed E-state index contributed by atoms with van der Waals surface area (Å²) < 4.78 is 0. The number of nitrogens with two attached hydrogens (primary N) is 2. The van der Waals surface area contributed by atoms with Gasteiger partial charge < -0.3 is 36.8 Å². The number of rotatable bonds is 9. The van der Waals surface area contributed by atoms with E-state index in [1.807, 2.05) is 30.3 Å². The van der Waals surface area contributed by atoms with Crippen LogP contribution in [0.15, 0.2) is 30.3 Å². The van der Waals surface area contributed by atoms with Crippen molar-refractivity contribution in [2.45, 2.75) is 68.8 Å². The van der Waals surface area contributed by atoms with Crippen molar-refractivity contribution in [1.29, 1.82) is 0 Å². The summed E-state index contributed by atoms with van der Waals surface area (Å²) in [5.41, 5.74) is 10.6. The van der Waals surface area contributed by atoms with Crippen molar-refractivity contribution in [1.82, 2.24) is 15.1 Å². The predicted molar refractivity (Wildman–Crippen MR) is 126 cm³/mol. The molecule has 2 saturated heterocycles. The van der Waals surface area contributed by atoms with Crippen LogP contribution in [0.3, 0.4) is 0 Å². The van der Waals surface area contributed by atoms with Crippen molar-refractivity contribution >= 4 is 23.6 Å². The third-order valence-electron chi connectivity index (χ3n) is 6.93. The Hall–Kier alpha value is -3.02. The summed E-state index contributed by atoms with van der Waals surface area (Å²) in [6.07, 6.45) is 0.851. The van der Waals surface area contributed by atoms with E-state index in [4.69, 9.17) is 11.5 Å². The molecule has 1 unspecified atom stereocenters. The number of hydrogen-bond acceptors (Lipinski definition) is 7. The number of carbonyl (C=O) groups excluding carboxylic acids is 4. The number of likely N-dealkylation sites (tertiary alicyclic amines) is 2. The zero-order valence-corrected chi connectivity index (χ0v) is 19.9. The Labute approximate surface area is 204 Å². The Balaban J connectivity index is 1.96. The molecule has 5 atom stereocenters. The molecular formula is C24H35N5O6. The smallest absolute Gasteiger partial charge is 0.247 e. The number of amides is 4. The summed E-state index contributed by atoms with van der Waals surface area (Å²) in [4.78, 5) is 55.0. The molecule has 2 fully saturated rings. The zero-order chi connectivity index (χ0) is 25.8. The van der Waals surface area contributed by atoms with Crippen LogP contribution in [0.5, 0.6) is 0 Å². The fourth-order valence-electron chi connectivity index (χ4n) is 5.10. The van der Waals surface area contributed by atoms with E-state index >= 15 is 0 Å². The number of benzene rings is 1. The molecule has 0 spiro atoms. The van der Waals surface area contributed by atoms with Crippen molar-refractivity contribution in [3.8, 4) is 0 Å². The van der Waals surface area contributed by atoms with Crippen LogP contribution in [0.25, 0.3) is 0 Å². The Morgan fingerprint density at radius 3 is 2.46 bits per heavy atom. The molecule has 2 aliphatic rings. The average molecular weight is 490 g/mol. The van der Waals surface area contributed by atoms with E-state index in [0.29, 0.717) is 38.8 Å². The standard InChI is InChI=1S/C24H35N5O6/c1-15(31)19(20(26)32)27-23(35)24(13-16-7-3-2-4-8-16)10-6-12-29(24)22(34)18-9-5-11-28(18)21(33)17(25)14-30/h2-4,7-8,15,17-19,30-31H,5-6,9-14,25H2,1H3,(H2,26,32)(H,27,35)/t15-,17+,18+,19+,24?/m1/s1. The lowest BCUT2D eigenvalue weighted by molar-refractivity contribution is -0.152. The van der Waals surface area contributed by atoms with Gasteiger partial charge in [0.05, 0.1) is 12.7 Å². The summed E-state index contributed by atoms with van der Waals surface area (Å²) in [7, 11) is 0. The maximum absolute atomic E-state index is 13.8. The molecule has 0 radical (unpaired) electrons. The van der Waals surface area contributed by atoms with Gasteiger partial charge in [-0.1, -0.05) is 30.3 Å². The van der Waals surface area contributed by atoms with Gasteiger partial charge in [0.1, 0.15) is 23.7 Å². The van der Waals surface area contributed by atoms with Crippen LogP contribution in [0.1, 0.15) is 38.2 Å². The summed E-state index contributed by atoms with van der Waals surface area (Å²) in [5.74, 6) is -2.36. The first-order chi connectivity index (χ1) is 16.6. The van der Waals surface area contributed by atoms with Gasteiger partial charge in [0.2, 0.25) is 23.6 Å². The molecule has 0 aliphatic carbocycles. The highest BCUT2D eigenvalue weighted by Crippen LogP contribution is 2.36. The van der Waals surface area contributed by atoms with Gasteiger partial charge in [0.15, 0.2) is 0 Å². The number of nitrogens with zero attached hydrogens (tertiary/aromatic N) is 2. The van der Waals surface area contributed by atoms with Gasteiger partial charge in [-0.25, -0.2) is 0 Å². The lowest BCUT2D eigenvalue weighted by Crippen LogP contribution is -2.65. The van der Waals surface area contributed by atoms with Crippen LogP contribution in [-0.4, -0.2) is 93.1 Å². The van der Waals surface area contributed by atoms with Crippen LogP contribution in [0.2, 0.25) is 0 Å². The Kier molecular flexibility index (Phi) is 8.47. The topological polar surface area (TPSA) is 179 Å². The van der Waals surface area contributed by atoms with E-state index in [9.17, 15) is 29.4 Å². The normalized spacial score (nSPS) is 24.6. The van der Waals surface area contributed by atoms with Crippen molar-refractivity contribution in [3.05, 3.63) is 35.9 Å². The van der Waals surface area contributed by atoms with Crippen molar-refractivity contribution in [2.24, 2.45) is 11.5 Å². The molecule has 3 rings (SSSR count). The van der Waals surface area contributed by atoms with E-state index in [1.54, 1.807) is 0 Å². The minimum atomic E-state index is -1.34. The fourth-order valence-corrected chi connectivity index (χ4v) is 5.10. The summed E-state index contributed by atoms with van der Waals surface area (Å²) >= 11 is 0. The molecule has 1 aromatic carbocycles. The van der Waals surface area contributed by atoms with E-state index < -0.39 is 54.1 Å². The van der Waals surface area contributed by atoms with Crippen LogP contribution >= 0.6 is 0 Å². The van der Waals surface area contributed by atoms with Crippen LogP contribution in [0.4, 0.5) is 0 Å². The van der Waals surface area contributed by atoms with Gasteiger partial charge in [-0.15, -0.1) is 0 Å². The van der Waals surface area contributed by atoms with Gasteiger partial charge >= 0.3 is 0 Å². The number of hydrogen-bond donors (Lipinski definition) is 5. The molecule has 0 bridgehead atoms. The van der Waals surface area contributed by atoms with Crippen LogP contribution < -0.4 is 16.8 Å². The predicted octanol–water partition coefficient (Wildman–Crippen LogP) is -1.75. The monoisotopic (exact) mass is 489 g/mol. The third kappa shape index (κ3) is 5.47. The molecule has 192 valence electrons. The molecule has 4 amide bonds. The first-order valence-electron chi connectivity index (χ1n) is 11.9. The largest absolute Gasteiger partial charge is 0.394 e. The summed E-state index contributed by atoms with van der Waals surface area (Å²) in [6.45, 7) is 1.44. The molecular weight excluding hydrogens is 454 g/mol. The lowest BCUT2D eigenvalue weighted by atomic mass is 9.86. The number of aliphatic hydroxyl groups is 2. The van der Waals surface area contributed by atoms with Gasteiger partial charge in [-0.05, 0) is 38.2 Å². The number of nitrogens with one attached hydrogen (secondary N) is 1. The number of aliphatic hydroxyl groups excluding tert-OH is 2. The van der Waals surface area contributed by atoms with E-state index in [1.165, 1.54) is 16.7 Å². The highest BCUT2D eigenvalue weighted by Gasteiger charge is 2.53. The molecule has 11 heteroatoms. The third-order valence-corrected chi connectivity index (χ3v) is 6.93. The maximum atomic E-state index is 13.8. The SMILES string of the molecule is C[C@@H](O)[C@H](NC(=O)C1(Cc2ccccc2)CCCN1C(=O)[C@@H]1CCCN1C(=O)[C@@H](N)CO)C(N)=O. The van der Waals surface area contributed by atoms with Gasteiger partial charge in [-0.3, -0.25) is 19.2 Å². The van der Waals surface area contributed by atoms with Crippen LogP contribution in [-0.2, 0) is 25.6 Å². The molecule has 11 nitrogen and oxygen atoms in total. The number of carbonyl (C=O) groups is 4. The van der Waals surface area contributed by atoms with Gasteiger partial charge in [0.25, 0.3) is 0 Å². The molecule has 7 N–H and O–H groups in total. The van der Waals surface area contributed by atoms with E-state index in [-0.39, 0.29) is 12.3 Å². The first kappa shape index (κ1) is 26.6. The minimum Gasteiger partial charge on any atom is -0.394 e. The lowest BCUT2D eigenvalue weighted by Gasteiger charge is -2.41. The average Bonchev–Trinajstić information content (AvgIpc) is 3.49. The fraction of sp³-hybridized carbons (Fsp3) is 0.583. The second-order valence-corrected chi connectivity index (χ2v) is 9.36. The van der Waals surface area contributed by atoms with E-state index in [0.717, 1.165) is 5.56 Å². The Morgan fingerprint density at radius 2 is 1.86 bits per heavy atom. The molecule has 1 aromatic rings. The van der Waals surface area contributed by atoms with Gasteiger partial charge in [0, 0.05) is 19.5 Å². The minimum absolute atomic E-state index is 0.188. The summed E-state index contributed by atoms with van der Waals surface area (Å²) in [5, 5.41) is 21.9. The van der Waals surface area contributed by atoms with Crippen molar-refractivity contribution in [3.63, 3.8) is 0 Å². The quantitative estimate of drug-likeness (QED) is 0.273. The van der Waals surface area contributed by atoms with Crippen molar-refractivity contribution < 1.29 is 29.4 Å². The molecule has 2 aliphatic heterocycles. The second kappa shape index (κ2) is 11.1. The molecule has 2 heterocycles. The van der Waals surface area contributed by atoms with Crippen molar-refractivity contribution in [2.75, 3.05) is 19.7 Å². The molecule has 35 heavy (non-hydrogen) atoms.